The molecule has 21 heavy (non-hydrogen) atoms. The molecule has 1 aliphatic heterocycles. The molecule has 5 heteroatoms. The molecule has 118 valence electrons. The molecule has 1 saturated heterocycles. The topological polar surface area (TPSA) is 30.5 Å². The number of hydrogen-bond donors (Lipinski definition) is 1. The monoisotopic (exact) mass is 315 g/mol. The van der Waals surface area contributed by atoms with Gasteiger partial charge in [-0.15, -0.1) is 0 Å². The van der Waals surface area contributed by atoms with Crippen LogP contribution in [0, 0.1) is 5.82 Å². The van der Waals surface area contributed by atoms with E-state index in [4.69, 9.17) is 21.1 Å². The molecule has 1 unspecified atom stereocenters. The van der Waals surface area contributed by atoms with E-state index < -0.39 is 5.60 Å². The van der Waals surface area contributed by atoms with Gasteiger partial charge in [0, 0.05) is 37.7 Å². The van der Waals surface area contributed by atoms with Gasteiger partial charge in [-0.05, 0) is 37.2 Å². The molecule has 1 fully saturated rings. The first-order chi connectivity index (χ1) is 10.1. The second kappa shape index (κ2) is 7.54. The molecule has 0 saturated carbocycles. The summed E-state index contributed by atoms with van der Waals surface area (Å²) in [5.74, 6) is -0.281. The third-order valence-electron chi connectivity index (χ3n) is 3.97. The minimum Gasteiger partial charge on any atom is -0.381 e. The number of likely N-dealkylation sites (N-methyl/N-ethyl adjacent to an activating group) is 1. The lowest BCUT2D eigenvalue weighted by Gasteiger charge is -2.44. The molecule has 1 heterocycles. The van der Waals surface area contributed by atoms with Crippen LogP contribution >= 0.6 is 11.6 Å². The molecule has 0 radical (unpaired) electrons. The highest BCUT2D eigenvalue weighted by Gasteiger charge is 2.42. The van der Waals surface area contributed by atoms with Gasteiger partial charge in [-0.3, -0.25) is 0 Å². The van der Waals surface area contributed by atoms with Crippen molar-refractivity contribution in [2.75, 3.05) is 26.4 Å². The van der Waals surface area contributed by atoms with Gasteiger partial charge in [-0.25, -0.2) is 4.39 Å². The predicted molar refractivity (Wildman–Crippen MR) is 82.2 cm³/mol. The predicted octanol–water partition coefficient (Wildman–Crippen LogP) is 3.72. The number of halogens is 2. The summed E-state index contributed by atoms with van der Waals surface area (Å²) < 4.78 is 25.3. The Bertz CT molecular complexity index is 458. The second-order valence-corrected chi connectivity index (χ2v) is 5.67. The minimum absolute atomic E-state index is 0.144. The Kier molecular flexibility index (Phi) is 5.99. The van der Waals surface area contributed by atoms with Crippen LogP contribution in [0.25, 0.3) is 0 Å². The number of benzene rings is 1. The van der Waals surface area contributed by atoms with Gasteiger partial charge in [0.2, 0.25) is 0 Å². The quantitative estimate of drug-likeness (QED) is 0.868. The minimum atomic E-state index is -0.402. The summed E-state index contributed by atoms with van der Waals surface area (Å²) >= 11 is 6.31. The maximum atomic E-state index is 13.7. The van der Waals surface area contributed by atoms with Crippen LogP contribution in [0.1, 0.15) is 38.3 Å². The molecule has 1 aromatic carbocycles. The molecular weight excluding hydrogens is 293 g/mol. The van der Waals surface area contributed by atoms with Crippen LogP contribution in [0.4, 0.5) is 4.39 Å². The molecule has 0 aliphatic carbocycles. The average molecular weight is 316 g/mol. The molecule has 0 spiro atoms. The number of nitrogens with one attached hydrogen (secondary N) is 1. The Morgan fingerprint density at radius 1 is 1.38 bits per heavy atom. The van der Waals surface area contributed by atoms with Gasteiger partial charge < -0.3 is 14.8 Å². The van der Waals surface area contributed by atoms with Crippen LogP contribution in [-0.2, 0) is 9.47 Å². The largest absolute Gasteiger partial charge is 0.381 e. The fourth-order valence-electron chi connectivity index (χ4n) is 3.04. The van der Waals surface area contributed by atoms with Gasteiger partial charge in [0.1, 0.15) is 5.82 Å². The SMILES string of the molecule is CCNC(c1cc(F)ccc1Cl)C1(OCC)CCOCC1. The normalized spacial score (nSPS) is 19.4. The van der Waals surface area contributed by atoms with Crippen LogP contribution < -0.4 is 5.32 Å². The first kappa shape index (κ1) is 16.7. The molecular formula is C16H23ClFNO2. The first-order valence-electron chi connectivity index (χ1n) is 7.53. The zero-order valence-corrected chi connectivity index (χ0v) is 13.4. The third kappa shape index (κ3) is 3.75. The average Bonchev–Trinajstić information content (AvgIpc) is 2.49. The molecule has 1 atom stereocenters. The van der Waals surface area contributed by atoms with Gasteiger partial charge in [0.15, 0.2) is 0 Å². The molecule has 1 aromatic rings. The lowest BCUT2D eigenvalue weighted by molar-refractivity contribution is -0.127. The zero-order chi connectivity index (χ0) is 15.3. The second-order valence-electron chi connectivity index (χ2n) is 5.27. The lowest BCUT2D eigenvalue weighted by Crippen LogP contribution is -2.50. The van der Waals surface area contributed by atoms with E-state index in [1.54, 1.807) is 6.07 Å². The van der Waals surface area contributed by atoms with Crippen molar-refractivity contribution in [3.8, 4) is 0 Å². The van der Waals surface area contributed by atoms with E-state index >= 15 is 0 Å². The van der Waals surface area contributed by atoms with Gasteiger partial charge in [0.05, 0.1) is 11.6 Å². The summed E-state index contributed by atoms with van der Waals surface area (Å²) in [5, 5.41) is 3.99. The Hall–Kier alpha value is -0.680. The maximum absolute atomic E-state index is 13.7. The van der Waals surface area contributed by atoms with Crippen molar-refractivity contribution in [1.82, 2.24) is 5.32 Å². The standard InChI is InChI=1S/C16H23ClFNO2/c1-3-19-15(13-11-12(18)5-6-14(13)17)16(21-4-2)7-9-20-10-8-16/h5-6,11,15,19H,3-4,7-10H2,1-2H3. The van der Waals surface area contributed by atoms with E-state index in [0.717, 1.165) is 24.9 Å². The highest BCUT2D eigenvalue weighted by Crippen LogP contribution is 2.40. The Balaban J connectivity index is 2.41. The van der Waals surface area contributed by atoms with Crippen LogP contribution in [-0.4, -0.2) is 32.0 Å². The van der Waals surface area contributed by atoms with Crippen LogP contribution in [0.3, 0.4) is 0 Å². The summed E-state index contributed by atoms with van der Waals surface area (Å²) in [6.07, 6.45) is 1.54. The Labute approximate surface area is 130 Å². The molecule has 0 aromatic heterocycles. The summed E-state index contributed by atoms with van der Waals surface area (Å²) in [5.41, 5.74) is 0.356. The number of ether oxygens (including phenoxy) is 2. The maximum Gasteiger partial charge on any atom is 0.123 e. The van der Waals surface area contributed by atoms with Crippen LogP contribution in [0.15, 0.2) is 18.2 Å². The number of hydrogen-bond acceptors (Lipinski definition) is 3. The van der Waals surface area contributed by atoms with Crippen molar-refractivity contribution in [3.05, 3.63) is 34.6 Å². The van der Waals surface area contributed by atoms with Gasteiger partial charge in [-0.1, -0.05) is 18.5 Å². The molecule has 0 bridgehead atoms. The van der Waals surface area contributed by atoms with Crippen molar-refractivity contribution in [1.29, 1.82) is 0 Å². The van der Waals surface area contributed by atoms with E-state index in [2.05, 4.69) is 5.32 Å². The van der Waals surface area contributed by atoms with Crippen molar-refractivity contribution < 1.29 is 13.9 Å². The lowest BCUT2D eigenvalue weighted by atomic mass is 9.81. The van der Waals surface area contributed by atoms with Crippen molar-refractivity contribution in [2.24, 2.45) is 0 Å². The highest BCUT2D eigenvalue weighted by molar-refractivity contribution is 6.31. The smallest absolute Gasteiger partial charge is 0.123 e. The van der Waals surface area contributed by atoms with Crippen LogP contribution in [0.5, 0.6) is 0 Å². The molecule has 0 amide bonds. The Morgan fingerprint density at radius 3 is 2.71 bits per heavy atom. The first-order valence-corrected chi connectivity index (χ1v) is 7.91. The van der Waals surface area contributed by atoms with Gasteiger partial charge >= 0.3 is 0 Å². The zero-order valence-electron chi connectivity index (χ0n) is 12.6. The van der Waals surface area contributed by atoms with E-state index in [0.29, 0.717) is 24.8 Å². The van der Waals surface area contributed by atoms with Crippen molar-refractivity contribution >= 4 is 11.6 Å². The fourth-order valence-corrected chi connectivity index (χ4v) is 3.27. The summed E-state index contributed by atoms with van der Waals surface area (Å²) in [6, 6.07) is 4.35. The van der Waals surface area contributed by atoms with E-state index in [1.165, 1.54) is 12.1 Å². The van der Waals surface area contributed by atoms with E-state index in [1.807, 2.05) is 13.8 Å². The summed E-state index contributed by atoms with van der Waals surface area (Å²) in [4.78, 5) is 0. The highest BCUT2D eigenvalue weighted by atomic mass is 35.5. The van der Waals surface area contributed by atoms with Crippen molar-refractivity contribution in [2.45, 2.75) is 38.3 Å². The van der Waals surface area contributed by atoms with E-state index in [9.17, 15) is 4.39 Å². The molecule has 1 aliphatic rings. The summed E-state index contributed by atoms with van der Waals surface area (Å²) in [7, 11) is 0. The third-order valence-corrected chi connectivity index (χ3v) is 4.32. The summed E-state index contributed by atoms with van der Waals surface area (Å²) in [6.45, 7) is 6.66. The molecule has 1 N–H and O–H groups in total. The number of rotatable bonds is 6. The molecule has 2 rings (SSSR count). The van der Waals surface area contributed by atoms with Gasteiger partial charge in [0.25, 0.3) is 0 Å². The van der Waals surface area contributed by atoms with Crippen molar-refractivity contribution in [3.63, 3.8) is 0 Å². The van der Waals surface area contributed by atoms with Gasteiger partial charge in [-0.2, -0.15) is 0 Å². The Morgan fingerprint density at radius 2 is 2.10 bits per heavy atom. The van der Waals surface area contributed by atoms with Crippen LogP contribution in [0.2, 0.25) is 5.02 Å². The molecule has 3 nitrogen and oxygen atoms in total. The van der Waals surface area contributed by atoms with E-state index in [-0.39, 0.29) is 11.9 Å². The fraction of sp³-hybridized carbons (Fsp3) is 0.625.